The predicted molar refractivity (Wildman–Crippen MR) is 111 cm³/mol. The first-order valence-corrected chi connectivity index (χ1v) is 10.0. The highest BCUT2D eigenvalue weighted by Gasteiger charge is 2.22. The number of piperidine rings is 1. The number of ether oxygens (including phenoxy) is 1. The Balaban J connectivity index is 1.45. The number of hydrogen-bond donors (Lipinski definition) is 0. The molecule has 1 aliphatic heterocycles. The van der Waals surface area contributed by atoms with Crippen LogP contribution in [0.3, 0.4) is 0 Å². The van der Waals surface area contributed by atoms with Gasteiger partial charge in [-0.15, -0.1) is 0 Å². The third-order valence-corrected chi connectivity index (χ3v) is 5.51. The summed E-state index contributed by atoms with van der Waals surface area (Å²) < 4.78 is 7.65. The zero-order valence-electron chi connectivity index (χ0n) is 16.7. The first kappa shape index (κ1) is 18.7. The minimum atomic E-state index is 0.620. The Labute approximate surface area is 167 Å². The molecule has 2 aromatic heterocycles. The summed E-state index contributed by atoms with van der Waals surface area (Å²) in [5.41, 5.74) is 3.48. The topological polar surface area (TPSA) is 43.2 Å². The van der Waals surface area contributed by atoms with Gasteiger partial charge in [0.05, 0.1) is 12.8 Å². The Bertz CT molecular complexity index is 906. The molecule has 1 atom stereocenters. The molecule has 1 aliphatic rings. The molecule has 1 fully saturated rings. The van der Waals surface area contributed by atoms with Gasteiger partial charge >= 0.3 is 0 Å². The third kappa shape index (κ3) is 4.25. The smallest absolute Gasteiger partial charge is 0.213 e. The molecule has 0 spiro atoms. The number of hydrogen-bond acceptors (Lipinski definition) is 4. The summed E-state index contributed by atoms with van der Waals surface area (Å²) >= 11 is 0. The largest absolute Gasteiger partial charge is 0.481 e. The molecule has 28 heavy (non-hydrogen) atoms. The molecule has 3 aromatic rings. The maximum atomic E-state index is 5.26. The van der Waals surface area contributed by atoms with Crippen molar-refractivity contribution in [1.82, 2.24) is 19.4 Å². The van der Waals surface area contributed by atoms with Crippen LogP contribution in [-0.4, -0.2) is 39.6 Å². The average Bonchev–Trinajstić information content (AvgIpc) is 3.09. The number of benzene rings is 1. The predicted octanol–water partition coefficient (Wildman–Crippen LogP) is 4.17. The molecule has 0 N–H and O–H groups in total. The number of nitrogens with zero attached hydrogens (tertiary/aromatic N) is 4. The number of imidazole rings is 1. The lowest BCUT2D eigenvalue weighted by Crippen LogP contribution is -2.37. The van der Waals surface area contributed by atoms with E-state index in [1.807, 2.05) is 18.3 Å². The van der Waals surface area contributed by atoms with Crippen molar-refractivity contribution >= 4 is 0 Å². The van der Waals surface area contributed by atoms with E-state index >= 15 is 0 Å². The van der Waals surface area contributed by atoms with Gasteiger partial charge in [-0.1, -0.05) is 36.4 Å². The van der Waals surface area contributed by atoms with Crippen molar-refractivity contribution in [1.29, 1.82) is 0 Å². The summed E-state index contributed by atoms with van der Waals surface area (Å²) in [7, 11) is 1.67. The van der Waals surface area contributed by atoms with Gasteiger partial charge in [-0.2, -0.15) is 0 Å². The van der Waals surface area contributed by atoms with Crippen LogP contribution in [0.2, 0.25) is 0 Å². The summed E-state index contributed by atoms with van der Waals surface area (Å²) in [6, 6.07) is 16.5. The second kappa shape index (κ2) is 8.57. The van der Waals surface area contributed by atoms with Crippen LogP contribution in [-0.2, 0) is 13.1 Å². The Morgan fingerprint density at radius 2 is 1.96 bits per heavy atom. The van der Waals surface area contributed by atoms with Gasteiger partial charge in [0, 0.05) is 43.2 Å². The van der Waals surface area contributed by atoms with Crippen molar-refractivity contribution in [3.63, 3.8) is 0 Å². The zero-order valence-corrected chi connectivity index (χ0v) is 16.7. The van der Waals surface area contributed by atoms with Crippen molar-refractivity contribution in [2.24, 2.45) is 5.92 Å². The van der Waals surface area contributed by atoms with E-state index in [4.69, 9.17) is 4.74 Å². The zero-order chi connectivity index (χ0) is 19.3. The van der Waals surface area contributed by atoms with Crippen molar-refractivity contribution in [2.75, 3.05) is 20.2 Å². The van der Waals surface area contributed by atoms with E-state index in [1.54, 1.807) is 7.11 Å². The van der Waals surface area contributed by atoms with Gasteiger partial charge < -0.3 is 9.30 Å². The number of rotatable bonds is 6. The first-order valence-electron chi connectivity index (χ1n) is 10.0. The normalized spacial score (nSPS) is 17.6. The molecule has 4 rings (SSSR count). The molecule has 1 aromatic carbocycles. The molecule has 1 unspecified atom stereocenters. The second-order valence-corrected chi connectivity index (χ2v) is 7.61. The Kier molecular flexibility index (Phi) is 5.72. The lowest BCUT2D eigenvalue weighted by Gasteiger charge is -2.33. The van der Waals surface area contributed by atoms with Gasteiger partial charge in [0.1, 0.15) is 5.82 Å². The molecular formula is C23H28N4O. The fourth-order valence-corrected chi connectivity index (χ4v) is 4.10. The average molecular weight is 377 g/mol. The molecule has 5 heteroatoms. The van der Waals surface area contributed by atoms with Crippen LogP contribution in [0.5, 0.6) is 5.88 Å². The van der Waals surface area contributed by atoms with E-state index in [2.05, 4.69) is 62.8 Å². The summed E-state index contributed by atoms with van der Waals surface area (Å²) in [4.78, 5) is 11.8. The van der Waals surface area contributed by atoms with Gasteiger partial charge in [-0.05, 0) is 38.3 Å². The highest BCUT2D eigenvalue weighted by atomic mass is 16.5. The standard InChI is InChI=1S/C23H28N4O/c1-18-14-24-23(20-9-4-3-5-10-20)27(18)16-19-8-7-13-26(15-19)17-21-11-6-12-22(25-21)28-2/h3-6,9-12,14,19H,7-8,13,15-17H2,1-2H3. The summed E-state index contributed by atoms with van der Waals surface area (Å²) in [6.45, 7) is 6.26. The molecule has 1 saturated heterocycles. The van der Waals surface area contributed by atoms with E-state index in [9.17, 15) is 0 Å². The number of methoxy groups -OCH3 is 1. The second-order valence-electron chi connectivity index (χ2n) is 7.61. The number of pyridine rings is 1. The van der Waals surface area contributed by atoms with Crippen molar-refractivity contribution in [2.45, 2.75) is 32.9 Å². The van der Waals surface area contributed by atoms with Crippen LogP contribution >= 0.6 is 0 Å². The third-order valence-electron chi connectivity index (χ3n) is 5.51. The highest BCUT2D eigenvalue weighted by molar-refractivity contribution is 5.55. The van der Waals surface area contributed by atoms with Crippen LogP contribution in [0.15, 0.2) is 54.7 Å². The molecule has 0 amide bonds. The highest BCUT2D eigenvalue weighted by Crippen LogP contribution is 2.25. The Morgan fingerprint density at radius 1 is 1.11 bits per heavy atom. The molecule has 3 heterocycles. The summed E-state index contributed by atoms with van der Waals surface area (Å²) in [5.74, 6) is 2.38. The molecule has 0 bridgehead atoms. The first-order chi connectivity index (χ1) is 13.7. The fourth-order valence-electron chi connectivity index (χ4n) is 4.10. The van der Waals surface area contributed by atoms with Gasteiger partial charge in [0.25, 0.3) is 0 Å². The maximum absolute atomic E-state index is 5.26. The Hall–Kier alpha value is -2.66. The van der Waals surface area contributed by atoms with Crippen molar-refractivity contribution in [3.05, 3.63) is 66.1 Å². The van der Waals surface area contributed by atoms with Crippen LogP contribution in [0.25, 0.3) is 11.4 Å². The Morgan fingerprint density at radius 3 is 2.79 bits per heavy atom. The SMILES string of the molecule is COc1cccc(CN2CCCC(Cn3c(C)cnc3-c3ccccc3)C2)n1. The lowest BCUT2D eigenvalue weighted by atomic mass is 9.97. The van der Waals surface area contributed by atoms with Crippen LogP contribution in [0, 0.1) is 12.8 Å². The minimum absolute atomic E-state index is 0.620. The van der Waals surface area contributed by atoms with Crippen molar-refractivity contribution < 1.29 is 4.74 Å². The summed E-state index contributed by atoms with van der Waals surface area (Å²) in [5, 5.41) is 0. The van der Waals surface area contributed by atoms with Crippen LogP contribution in [0.4, 0.5) is 0 Å². The molecule has 5 nitrogen and oxygen atoms in total. The van der Waals surface area contributed by atoms with Gasteiger partial charge in [-0.3, -0.25) is 4.90 Å². The number of likely N-dealkylation sites (tertiary alicyclic amines) is 1. The lowest BCUT2D eigenvalue weighted by molar-refractivity contribution is 0.154. The van der Waals surface area contributed by atoms with Gasteiger partial charge in [0.15, 0.2) is 0 Å². The van der Waals surface area contributed by atoms with E-state index in [1.165, 1.54) is 24.1 Å². The molecule has 0 saturated carbocycles. The van der Waals surface area contributed by atoms with E-state index in [0.717, 1.165) is 37.7 Å². The molecule has 146 valence electrons. The maximum Gasteiger partial charge on any atom is 0.213 e. The van der Waals surface area contributed by atoms with E-state index in [-0.39, 0.29) is 0 Å². The van der Waals surface area contributed by atoms with Gasteiger partial charge in [-0.25, -0.2) is 9.97 Å². The summed E-state index contributed by atoms with van der Waals surface area (Å²) in [6.07, 6.45) is 4.47. The quantitative estimate of drug-likeness (QED) is 0.647. The van der Waals surface area contributed by atoms with Crippen LogP contribution in [0.1, 0.15) is 24.2 Å². The minimum Gasteiger partial charge on any atom is -0.481 e. The monoisotopic (exact) mass is 376 g/mol. The van der Waals surface area contributed by atoms with E-state index < -0.39 is 0 Å². The molecule has 0 aliphatic carbocycles. The van der Waals surface area contributed by atoms with Gasteiger partial charge in [0.2, 0.25) is 5.88 Å². The van der Waals surface area contributed by atoms with Crippen LogP contribution < -0.4 is 4.74 Å². The van der Waals surface area contributed by atoms with Crippen molar-refractivity contribution in [3.8, 4) is 17.3 Å². The fraction of sp³-hybridized carbons (Fsp3) is 0.391. The molecular weight excluding hydrogens is 348 g/mol. The number of aryl methyl sites for hydroxylation is 1. The molecule has 0 radical (unpaired) electrons. The van der Waals surface area contributed by atoms with E-state index in [0.29, 0.717) is 11.8 Å². The number of aromatic nitrogens is 3.